The molecule has 0 aliphatic rings. The number of carboxylic acid groups (broad SMARTS) is 1. The molecule has 0 saturated heterocycles. The van der Waals surface area contributed by atoms with E-state index in [0.717, 1.165) is 32.1 Å². The summed E-state index contributed by atoms with van der Waals surface area (Å²) in [7, 11) is 0. The van der Waals surface area contributed by atoms with Crippen LogP contribution in [0.3, 0.4) is 0 Å². The monoisotopic (exact) mass is 198 g/mol. The second kappa shape index (κ2) is 8.58. The summed E-state index contributed by atoms with van der Waals surface area (Å²) in [5.74, 6) is 1.63. The zero-order chi connectivity index (χ0) is 10.8. The van der Waals surface area contributed by atoms with Gasteiger partial charge in [0.2, 0.25) is 0 Å². The molecule has 0 unspecified atom stereocenters. The van der Waals surface area contributed by atoms with Crippen LogP contribution in [0.1, 0.15) is 44.9 Å². The smallest absolute Gasteiger partial charge is 0.305 e. The van der Waals surface area contributed by atoms with E-state index in [2.05, 4.69) is 5.92 Å². The Hall–Kier alpha value is -1.01. The Bertz CT molecular complexity index is 193. The fourth-order valence-corrected chi connectivity index (χ4v) is 1.26. The van der Waals surface area contributed by atoms with Gasteiger partial charge in [0.25, 0.3) is 0 Å². The van der Waals surface area contributed by atoms with E-state index in [-0.39, 0.29) is 6.42 Å². The van der Waals surface area contributed by atoms with Crippen molar-refractivity contribution in [2.45, 2.75) is 51.0 Å². The maximum atomic E-state index is 10.2. The highest BCUT2D eigenvalue weighted by atomic mass is 16.4. The van der Waals surface area contributed by atoms with E-state index < -0.39 is 12.1 Å². The van der Waals surface area contributed by atoms with Crippen molar-refractivity contribution < 1.29 is 15.0 Å². The number of aliphatic hydroxyl groups is 1. The molecule has 1 atom stereocenters. The summed E-state index contributed by atoms with van der Waals surface area (Å²) in [6, 6.07) is 0. The molecule has 0 aliphatic heterocycles. The van der Waals surface area contributed by atoms with Crippen LogP contribution < -0.4 is 0 Å². The predicted molar refractivity (Wildman–Crippen MR) is 54.8 cm³/mol. The topological polar surface area (TPSA) is 57.5 Å². The van der Waals surface area contributed by atoms with E-state index in [0.29, 0.717) is 6.42 Å². The van der Waals surface area contributed by atoms with Gasteiger partial charge in [-0.3, -0.25) is 4.79 Å². The van der Waals surface area contributed by atoms with Crippen molar-refractivity contribution in [3.8, 4) is 12.3 Å². The van der Waals surface area contributed by atoms with Gasteiger partial charge in [-0.25, -0.2) is 0 Å². The number of carboxylic acids is 1. The SMILES string of the molecule is C#CCCCCCC[C@@H](O)CC(=O)O. The molecule has 0 rings (SSSR count). The lowest BCUT2D eigenvalue weighted by molar-refractivity contribution is -0.139. The lowest BCUT2D eigenvalue weighted by Gasteiger charge is -2.06. The number of unbranched alkanes of at least 4 members (excludes halogenated alkanes) is 4. The molecule has 0 aromatic heterocycles. The summed E-state index contributed by atoms with van der Waals surface area (Å²) in [5, 5.41) is 17.6. The minimum absolute atomic E-state index is 0.148. The summed E-state index contributed by atoms with van der Waals surface area (Å²) in [6.07, 6.45) is 9.59. The molecule has 0 aromatic carbocycles. The summed E-state index contributed by atoms with van der Waals surface area (Å²) >= 11 is 0. The van der Waals surface area contributed by atoms with Gasteiger partial charge in [0, 0.05) is 6.42 Å². The molecule has 0 fully saturated rings. The van der Waals surface area contributed by atoms with Gasteiger partial charge in [0.1, 0.15) is 0 Å². The van der Waals surface area contributed by atoms with Crippen LogP contribution in [-0.2, 0) is 4.79 Å². The van der Waals surface area contributed by atoms with Gasteiger partial charge in [-0.15, -0.1) is 12.3 Å². The molecule has 0 aliphatic carbocycles. The Kier molecular flexibility index (Phi) is 7.96. The number of hydrogen-bond acceptors (Lipinski definition) is 2. The molecule has 2 N–H and O–H groups in total. The van der Waals surface area contributed by atoms with E-state index in [9.17, 15) is 9.90 Å². The van der Waals surface area contributed by atoms with Crippen LogP contribution in [0.4, 0.5) is 0 Å². The molecular formula is C11H18O3. The van der Waals surface area contributed by atoms with Crippen LogP contribution in [-0.4, -0.2) is 22.3 Å². The zero-order valence-corrected chi connectivity index (χ0v) is 8.41. The van der Waals surface area contributed by atoms with E-state index in [1.807, 2.05) is 0 Å². The van der Waals surface area contributed by atoms with E-state index in [1.165, 1.54) is 0 Å². The Morgan fingerprint density at radius 1 is 1.29 bits per heavy atom. The van der Waals surface area contributed by atoms with Crippen molar-refractivity contribution >= 4 is 5.97 Å². The third kappa shape index (κ3) is 9.08. The van der Waals surface area contributed by atoms with Crippen LogP contribution in [0.2, 0.25) is 0 Å². The van der Waals surface area contributed by atoms with Gasteiger partial charge in [-0.2, -0.15) is 0 Å². The minimum atomic E-state index is -0.940. The molecule has 3 nitrogen and oxygen atoms in total. The number of hydrogen-bond donors (Lipinski definition) is 2. The normalized spacial score (nSPS) is 12.0. The molecule has 0 aromatic rings. The van der Waals surface area contributed by atoms with Crippen molar-refractivity contribution in [2.75, 3.05) is 0 Å². The molecule has 0 spiro atoms. The number of rotatable bonds is 8. The van der Waals surface area contributed by atoms with E-state index in [4.69, 9.17) is 11.5 Å². The van der Waals surface area contributed by atoms with Gasteiger partial charge in [0.05, 0.1) is 12.5 Å². The van der Waals surface area contributed by atoms with Gasteiger partial charge < -0.3 is 10.2 Å². The third-order valence-electron chi connectivity index (χ3n) is 2.02. The van der Waals surface area contributed by atoms with Crippen LogP contribution in [0.15, 0.2) is 0 Å². The highest BCUT2D eigenvalue weighted by molar-refractivity contribution is 5.67. The van der Waals surface area contributed by atoms with Gasteiger partial charge >= 0.3 is 5.97 Å². The van der Waals surface area contributed by atoms with Gasteiger partial charge in [0.15, 0.2) is 0 Å². The fraction of sp³-hybridized carbons (Fsp3) is 0.727. The third-order valence-corrected chi connectivity index (χ3v) is 2.02. The first-order chi connectivity index (χ1) is 6.66. The maximum Gasteiger partial charge on any atom is 0.305 e. The first kappa shape index (κ1) is 13.0. The maximum absolute atomic E-state index is 10.2. The molecule has 80 valence electrons. The molecule has 0 bridgehead atoms. The fourth-order valence-electron chi connectivity index (χ4n) is 1.26. The van der Waals surface area contributed by atoms with Crippen molar-refractivity contribution in [3.63, 3.8) is 0 Å². The number of carbonyl (C=O) groups is 1. The Morgan fingerprint density at radius 3 is 2.50 bits per heavy atom. The van der Waals surface area contributed by atoms with Crippen molar-refractivity contribution in [1.29, 1.82) is 0 Å². The summed E-state index contributed by atoms with van der Waals surface area (Å²) in [4.78, 5) is 10.2. The molecule has 14 heavy (non-hydrogen) atoms. The second-order valence-electron chi connectivity index (χ2n) is 3.41. The predicted octanol–water partition coefficient (Wildman–Crippen LogP) is 1.80. The number of aliphatic carboxylic acids is 1. The first-order valence-corrected chi connectivity index (χ1v) is 5.00. The highest BCUT2D eigenvalue weighted by Gasteiger charge is 2.08. The largest absolute Gasteiger partial charge is 0.481 e. The van der Waals surface area contributed by atoms with Gasteiger partial charge in [-0.1, -0.05) is 19.3 Å². The molecule has 3 heteroatoms. The second-order valence-corrected chi connectivity index (χ2v) is 3.41. The first-order valence-electron chi connectivity index (χ1n) is 5.00. The van der Waals surface area contributed by atoms with Crippen LogP contribution in [0.25, 0.3) is 0 Å². The standard InChI is InChI=1S/C11H18O3/c1-2-3-4-5-6-7-8-10(12)9-11(13)14/h1,10,12H,3-9H2,(H,13,14)/t10-/m1/s1. The quantitative estimate of drug-likeness (QED) is 0.462. The molecule has 0 radical (unpaired) electrons. The molecular weight excluding hydrogens is 180 g/mol. The summed E-state index contributed by atoms with van der Waals surface area (Å²) < 4.78 is 0. The highest BCUT2D eigenvalue weighted by Crippen LogP contribution is 2.08. The Balaban J connectivity index is 3.19. The average molecular weight is 198 g/mol. The molecule has 0 amide bonds. The zero-order valence-electron chi connectivity index (χ0n) is 8.41. The Morgan fingerprint density at radius 2 is 1.93 bits per heavy atom. The van der Waals surface area contributed by atoms with E-state index in [1.54, 1.807) is 0 Å². The molecule has 0 saturated carbocycles. The minimum Gasteiger partial charge on any atom is -0.481 e. The summed E-state index contributed by atoms with van der Waals surface area (Å²) in [6.45, 7) is 0. The lowest BCUT2D eigenvalue weighted by atomic mass is 10.1. The molecule has 0 heterocycles. The van der Waals surface area contributed by atoms with Crippen LogP contribution in [0.5, 0.6) is 0 Å². The average Bonchev–Trinajstić information content (AvgIpc) is 2.10. The van der Waals surface area contributed by atoms with Crippen LogP contribution >= 0.6 is 0 Å². The van der Waals surface area contributed by atoms with Crippen molar-refractivity contribution in [3.05, 3.63) is 0 Å². The number of terminal acetylenes is 1. The number of aliphatic hydroxyl groups excluding tert-OH is 1. The Labute approximate surface area is 85.1 Å². The lowest BCUT2D eigenvalue weighted by Crippen LogP contribution is -2.12. The van der Waals surface area contributed by atoms with Gasteiger partial charge in [-0.05, 0) is 12.8 Å². The van der Waals surface area contributed by atoms with Crippen LogP contribution in [0, 0.1) is 12.3 Å². The van der Waals surface area contributed by atoms with Crippen molar-refractivity contribution in [2.24, 2.45) is 0 Å². The van der Waals surface area contributed by atoms with E-state index >= 15 is 0 Å². The van der Waals surface area contributed by atoms with Crippen molar-refractivity contribution in [1.82, 2.24) is 0 Å². The summed E-state index contributed by atoms with van der Waals surface area (Å²) in [5.41, 5.74) is 0.